The van der Waals surface area contributed by atoms with Crippen molar-refractivity contribution in [3.8, 4) is 5.75 Å². The number of carboxylic acid groups (broad SMARTS) is 1. The van der Waals surface area contributed by atoms with Crippen LogP contribution in [0, 0.1) is 0 Å². The third-order valence-electron chi connectivity index (χ3n) is 3.79. The first kappa shape index (κ1) is 15.9. The molecule has 0 saturated carbocycles. The Balaban J connectivity index is 1.80. The van der Waals surface area contributed by atoms with Crippen molar-refractivity contribution < 1.29 is 24.2 Å². The van der Waals surface area contributed by atoms with Crippen LogP contribution in [0.2, 0.25) is 0 Å². The van der Waals surface area contributed by atoms with Gasteiger partial charge in [0.25, 0.3) is 0 Å². The van der Waals surface area contributed by atoms with Crippen molar-refractivity contribution >= 4 is 12.1 Å². The van der Waals surface area contributed by atoms with Gasteiger partial charge in [-0.3, -0.25) is 4.90 Å². The molecule has 6 heteroatoms. The van der Waals surface area contributed by atoms with Crippen molar-refractivity contribution in [3.05, 3.63) is 65.7 Å². The SMILES string of the molecule is O=C(O)C1c2ccccc2OCCN1C(=O)OCc1ccccc1. The second-order valence-electron chi connectivity index (χ2n) is 5.36. The number of carbonyl (C=O) groups excluding carboxylic acids is 1. The van der Waals surface area contributed by atoms with Crippen molar-refractivity contribution in [2.45, 2.75) is 12.6 Å². The van der Waals surface area contributed by atoms with Gasteiger partial charge in [-0.25, -0.2) is 9.59 Å². The summed E-state index contributed by atoms with van der Waals surface area (Å²) < 4.78 is 10.8. The third-order valence-corrected chi connectivity index (χ3v) is 3.79. The molecule has 24 heavy (non-hydrogen) atoms. The van der Waals surface area contributed by atoms with Gasteiger partial charge in [-0.05, 0) is 11.6 Å². The lowest BCUT2D eigenvalue weighted by molar-refractivity contribution is -0.143. The van der Waals surface area contributed by atoms with E-state index < -0.39 is 18.1 Å². The van der Waals surface area contributed by atoms with Gasteiger partial charge in [0.05, 0.1) is 6.54 Å². The van der Waals surface area contributed by atoms with Gasteiger partial charge in [0.2, 0.25) is 0 Å². The minimum Gasteiger partial charge on any atom is -0.491 e. The maximum atomic E-state index is 12.4. The number of benzene rings is 2. The zero-order valence-electron chi connectivity index (χ0n) is 12.9. The number of nitrogens with zero attached hydrogens (tertiary/aromatic N) is 1. The highest BCUT2D eigenvalue weighted by Gasteiger charge is 2.36. The summed E-state index contributed by atoms with van der Waals surface area (Å²) in [5.74, 6) is -0.645. The summed E-state index contributed by atoms with van der Waals surface area (Å²) >= 11 is 0. The van der Waals surface area contributed by atoms with E-state index in [0.29, 0.717) is 11.3 Å². The van der Waals surface area contributed by atoms with Crippen molar-refractivity contribution in [1.82, 2.24) is 4.90 Å². The molecule has 1 aliphatic rings. The Labute approximate surface area is 139 Å². The fourth-order valence-corrected chi connectivity index (χ4v) is 2.65. The number of hydrogen-bond donors (Lipinski definition) is 1. The van der Waals surface area contributed by atoms with Gasteiger partial charge in [0.15, 0.2) is 6.04 Å². The number of amides is 1. The first-order chi connectivity index (χ1) is 11.7. The highest BCUT2D eigenvalue weighted by molar-refractivity contribution is 5.82. The molecule has 0 saturated heterocycles. The van der Waals surface area contributed by atoms with E-state index in [4.69, 9.17) is 9.47 Å². The molecule has 0 aliphatic carbocycles. The lowest BCUT2D eigenvalue weighted by Gasteiger charge is -2.26. The molecular weight excluding hydrogens is 310 g/mol. The molecule has 0 spiro atoms. The molecule has 1 N–H and O–H groups in total. The molecule has 0 radical (unpaired) electrons. The minimum absolute atomic E-state index is 0.0883. The van der Waals surface area contributed by atoms with E-state index in [0.717, 1.165) is 5.56 Å². The fraction of sp³-hybridized carbons (Fsp3) is 0.222. The molecule has 3 rings (SSSR count). The van der Waals surface area contributed by atoms with Crippen molar-refractivity contribution in [3.63, 3.8) is 0 Å². The number of carboxylic acids is 1. The normalized spacial score (nSPS) is 16.5. The van der Waals surface area contributed by atoms with Gasteiger partial charge in [0.1, 0.15) is 19.0 Å². The summed E-state index contributed by atoms with van der Waals surface area (Å²) in [5.41, 5.74) is 1.28. The van der Waals surface area contributed by atoms with Crippen molar-refractivity contribution in [1.29, 1.82) is 0 Å². The predicted octanol–water partition coefficient (Wildman–Crippen LogP) is 2.84. The van der Waals surface area contributed by atoms with Gasteiger partial charge in [-0.15, -0.1) is 0 Å². The van der Waals surface area contributed by atoms with Crippen LogP contribution in [0.4, 0.5) is 4.79 Å². The molecule has 1 unspecified atom stereocenters. The van der Waals surface area contributed by atoms with Crippen LogP contribution in [0.3, 0.4) is 0 Å². The maximum Gasteiger partial charge on any atom is 0.411 e. The van der Waals surface area contributed by atoms with Crippen LogP contribution in [-0.4, -0.2) is 35.2 Å². The maximum absolute atomic E-state index is 12.4. The largest absolute Gasteiger partial charge is 0.491 e. The summed E-state index contributed by atoms with van der Waals surface area (Å²) in [4.78, 5) is 25.4. The predicted molar refractivity (Wildman–Crippen MR) is 85.6 cm³/mol. The lowest BCUT2D eigenvalue weighted by atomic mass is 10.0. The van der Waals surface area contributed by atoms with Crippen LogP contribution in [0.25, 0.3) is 0 Å². The van der Waals surface area contributed by atoms with Gasteiger partial charge < -0.3 is 14.6 Å². The fourth-order valence-electron chi connectivity index (χ4n) is 2.65. The van der Waals surface area contributed by atoms with E-state index in [9.17, 15) is 14.7 Å². The zero-order chi connectivity index (χ0) is 16.9. The second-order valence-corrected chi connectivity index (χ2v) is 5.36. The van der Waals surface area contributed by atoms with E-state index in [1.54, 1.807) is 24.3 Å². The number of rotatable bonds is 3. The minimum atomic E-state index is -1.13. The highest BCUT2D eigenvalue weighted by Crippen LogP contribution is 2.32. The van der Waals surface area contributed by atoms with Crippen molar-refractivity contribution in [2.75, 3.05) is 13.2 Å². The molecule has 1 amide bonds. The Hall–Kier alpha value is -3.02. The number of ether oxygens (including phenoxy) is 2. The van der Waals surface area contributed by atoms with E-state index in [1.165, 1.54) is 4.90 Å². The number of fused-ring (bicyclic) bond motifs is 1. The van der Waals surface area contributed by atoms with Gasteiger partial charge in [0, 0.05) is 5.56 Å². The standard InChI is InChI=1S/C18H17NO5/c20-17(21)16-14-8-4-5-9-15(14)23-11-10-19(16)18(22)24-12-13-6-2-1-3-7-13/h1-9,16H,10-12H2,(H,20,21). The van der Waals surface area contributed by atoms with Crippen molar-refractivity contribution in [2.24, 2.45) is 0 Å². The Morgan fingerprint density at radius 3 is 2.58 bits per heavy atom. The Morgan fingerprint density at radius 1 is 1.12 bits per heavy atom. The van der Waals surface area contributed by atoms with Crippen LogP contribution in [0.5, 0.6) is 5.75 Å². The summed E-state index contributed by atoms with van der Waals surface area (Å²) in [7, 11) is 0. The van der Waals surface area contributed by atoms with E-state index >= 15 is 0 Å². The molecule has 124 valence electrons. The molecule has 6 nitrogen and oxygen atoms in total. The number of aliphatic carboxylic acids is 1. The molecule has 2 aromatic carbocycles. The third kappa shape index (κ3) is 3.32. The number of carbonyl (C=O) groups is 2. The highest BCUT2D eigenvalue weighted by atomic mass is 16.6. The van der Waals surface area contributed by atoms with Crippen LogP contribution >= 0.6 is 0 Å². The molecule has 0 bridgehead atoms. The second kappa shape index (κ2) is 7.04. The lowest BCUT2D eigenvalue weighted by Crippen LogP contribution is -2.40. The smallest absolute Gasteiger partial charge is 0.411 e. The molecule has 0 aromatic heterocycles. The number of para-hydroxylation sites is 1. The molecule has 0 fully saturated rings. The topological polar surface area (TPSA) is 76.1 Å². The van der Waals surface area contributed by atoms with Crippen LogP contribution in [-0.2, 0) is 16.1 Å². The Kier molecular flexibility index (Phi) is 4.65. The summed E-state index contributed by atoms with van der Waals surface area (Å²) in [6.07, 6.45) is -0.674. The molecule has 1 aliphatic heterocycles. The molecule has 1 atom stereocenters. The van der Waals surface area contributed by atoms with Crippen LogP contribution in [0.1, 0.15) is 17.2 Å². The van der Waals surface area contributed by atoms with Gasteiger partial charge >= 0.3 is 12.1 Å². The monoisotopic (exact) mass is 327 g/mol. The van der Waals surface area contributed by atoms with E-state index in [1.807, 2.05) is 30.3 Å². The molecule has 2 aromatic rings. The number of hydrogen-bond acceptors (Lipinski definition) is 4. The first-order valence-electron chi connectivity index (χ1n) is 7.58. The van der Waals surface area contributed by atoms with Gasteiger partial charge in [-0.2, -0.15) is 0 Å². The summed E-state index contributed by atoms with van der Waals surface area (Å²) in [6.45, 7) is 0.436. The van der Waals surface area contributed by atoms with Crippen LogP contribution < -0.4 is 4.74 Å². The Bertz CT molecular complexity index is 731. The quantitative estimate of drug-likeness (QED) is 0.938. The molecular formula is C18H17NO5. The van der Waals surface area contributed by atoms with E-state index in [2.05, 4.69) is 0 Å². The van der Waals surface area contributed by atoms with Crippen LogP contribution in [0.15, 0.2) is 54.6 Å². The van der Waals surface area contributed by atoms with E-state index in [-0.39, 0.29) is 19.8 Å². The van der Waals surface area contributed by atoms with Gasteiger partial charge in [-0.1, -0.05) is 48.5 Å². The molecule has 1 heterocycles. The average Bonchev–Trinajstić information content (AvgIpc) is 2.80. The first-order valence-corrected chi connectivity index (χ1v) is 7.58. The average molecular weight is 327 g/mol. The zero-order valence-corrected chi connectivity index (χ0v) is 12.9. The summed E-state index contributed by atoms with van der Waals surface area (Å²) in [6, 6.07) is 14.9. The summed E-state index contributed by atoms with van der Waals surface area (Å²) in [5, 5.41) is 9.61. The Morgan fingerprint density at radius 2 is 1.83 bits per heavy atom.